The zero-order chi connectivity index (χ0) is 16.7. The van der Waals surface area contributed by atoms with Crippen molar-refractivity contribution >= 4 is 0 Å². The Balaban J connectivity index is 2.89. The predicted octanol–water partition coefficient (Wildman–Crippen LogP) is 3.86. The van der Waals surface area contributed by atoms with E-state index in [4.69, 9.17) is 0 Å². The summed E-state index contributed by atoms with van der Waals surface area (Å²) in [5.41, 5.74) is -1.09. The van der Waals surface area contributed by atoms with Crippen LogP contribution in [0.15, 0.2) is 0 Å². The summed E-state index contributed by atoms with van der Waals surface area (Å²) >= 11 is 0. The molecule has 11 heteroatoms. The van der Waals surface area contributed by atoms with Crippen LogP contribution in [0.1, 0.15) is 13.3 Å². The molecular weight excluding hydrogens is 323 g/mol. The van der Waals surface area contributed by atoms with Gasteiger partial charge in [0.25, 0.3) is 0 Å². The van der Waals surface area contributed by atoms with Crippen LogP contribution in [-0.4, -0.2) is 44.0 Å². The first-order valence-electron chi connectivity index (χ1n) is 5.64. The Labute approximate surface area is 113 Å². The molecule has 1 aliphatic heterocycles. The standard InChI is InChI=1S/C10H11F9O2/c1-2-6(3-20-4-6)5-21-10(18,19)8(13,14)7(11,12)9(15,16)17/h2-5H2,1H3. The lowest BCUT2D eigenvalue weighted by molar-refractivity contribution is -0.448. The molecule has 2 nitrogen and oxygen atoms in total. The van der Waals surface area contributed by atoms with E-state index in [1.807, 2.05) is 0 Å². The minimum atomic E-state index is -6.93. The van der Waals surface area contributed by atoms with Crippen LogP contribution in [0.2, 0.25) is 0 Å². The van der Waals surface area contributed by atoms with Crippen molar-refractivity contribution in [3.63, 3.8) is 0 Å². The molecule has 0 aromatic heterocycles. The van der Waals surface area contributed by atoms with Gasteiger partial charge in [-0.2, -0.15) is 39.5 Å². The van der Waals surface area contributed by atoms with Gasteiger partial charge in [-0.25, -0.2) is 0 Å². The van der Waals surface area contributed by atoms with Crippen LogP contribution in [0.4, 0.5) is 39.5 Å². The largest absolute Gasteiger partial charge is 0.460 e. The van der Waals surface area contributed by atoms with E-state index >= 15 is 0 Å². The van der Waals surface area contributed by atoms with Crippen molar-refractivity contribution in [2.45, 2.75) is 37.5 Å². The first kappa shape index (κ1) is 18.3. The number of halogens is 9. The van der Waals surface area contributed by atoms with Gasteiger partial charge in [-0.3, -0.25) is 0 Å². The van der Waals surface area contributed by atoms with Crippen molar-refractivity contribution in [2.75, 3.05) is 19.8 Å². The molecule has 0 aliphatic carbocycles. The lowest BCUT2D eigenvalue weighted by Crippen LogP contribution is -2.62. The van der Waals surface area contributed by atoms with Crippen LogP contribution < -0.4 is 0 Å². The lowest BCUT2D eigenvalue weighted by atomic mass is 9.84. The van der Waals surface area contributed by atoms with E-state index in [2.05, 4.69) is 9.47 Å². The van der Waals surface area contributed by atoms with E-state index < -0.39 is 36.2 Å². The van der Waals surface area contributed by atoms with Crippen molar-refractivity contribution in [3.8, 4) is 0 Å². The topological polar surface area (TPSA) is 18.5 Å². The lowest BCUT2D eigenvalue weighted by Gasteiger charge is -2.42. The Hall–Kier alpha value is -0.710. The first-order chi connectivity index (χ1) is 9.22. The molecule has 1 saturated heterocycles. The summed E-state index contributed by atoms with van der Waals surface area (Å²) in [6, 6.07) is 0. The molecule has 0 atom stereocenters. The normalized spacial score (nSPS) is 20.3. The van der Waals surface area contributed by atoms with Gasteiger partial charge in [0.1, 0.15) is 0 Å². The van der Waals surface area contributed by atoms with Gasteiger partial charge in [0.15, 0.2) is 0 Å². The van der Waals surface area contributed by atoms with Crippen LogP contribution >= 0.6 is 0 Å². The number of rotatable bonds is 6. The van der Waals surface area contributed by atoms with Crippen molar-refractivity contribution in [1.82, 2.24) is 0 Å². The Morgan fingerprint density at radius 3 is 1.67 bits per heavy atom. The fraction of sp³-hybridized carbons (Fsp3) is 1.00. The molecule has 126 valence electrons. The highest BCUT2D eigenvalue weighted by Crippen LogP contribution is 2.53. The molecule has 1 heterocycles. The van der Waals surface area contributed by atoms with Gasteiger partial charge in [0.05, 0.1) is 19.8 Å². The van der Waals surface area contributed by atoms with Crippen molar-refractivity contribution < 1.29 is 49.0 Å². The average Bonchev–Trinajstić information content (AvgIpc) is 2.26. The van der Waals surface area contributed by atoms with Crippen LogP contribution in [0, 0.1) is 5.41 Å². The molecule has 0 N–H and O–H groups in total. The van der Waals surface area contributed by atoms with Crippen LogP contribution in [0.25, 0.3) is 0 Å². The van der Waals surface area contributed by atoms with Gasteiger partial charge in [0.2, 0.25) is 0 Å². The molecule has 0 saturated carbocycles. The zero-order valence-corrected chi connectivity index (χ0v) is 10.5. The molecule has 1 rings (SSSR count). The van der Waals surface area contributed by atoms with Gasteiger partial charge in [0, 0.05) is 5.41 Å². The molecule has 1 fully saturated rings. The molecule has 0 radical (unpaired) electrons. The summed E-state index contributed by atoms with van der Waals surface area (Å²) in [6.07, 6.45) is -12.7. The van der Waals surface area contributed by atoms with Gasteiger partial charge in [-0.1, -0.05) is 6.92 Å². The highest BCUT2D eigenvalue weighted by molar-refractivity contribution is 4.97. The maximum absolute atomic E-state index is 13.1. The van der Waals surface area contributed by atoms with E-state index in [0.29, 0.717) is 0 Å². The number of hydrogen-bond acceptors (Lipinski definition) is 2. The summed E-state index contributed by atoms with van der Waals surface area (Å²) in [4.78, 5) is 0. The van der Waals surface area contributed by atoms with E-state index in [-0.39, 0.29) is 19.6 Å². The van der Waals surface area contributed by atoms with Crippen LogP contribution in [0.5, 0.6) is 0 Å². The fourth-order valence-electron chi connectivity index (χ4n) is 1.48. The molecule has 0 aromatic rings. The monoisotopic (exact) mass is 334 g/mol. The number of hydrogen-bond donors (Lipinski definition) is 0. The molecule has 0 bridgehead atoms. The summed E-state index contributed by atoms with van der Waals surface area (Å²) in [7, 11) is 0. The van der Waals surface area contributed by atoms with Gasteiger partial charge < -0.3 is 9.47 Å². The maximum atomic E-state index is 13.1. The number of alkyl halides is 9. The van der Waals surface area contributed by atoms with Crippen LogP contribution in [0.3, 0.4) is 0 Å². The Morgan fingerprint density at radius 1 is 0.905 bits per heavy atom. The van der Waals surface area contributed by atoms with E-state index in [1.54, 1.807) is 0 Å². The Kier molecular flexibility index (Phi) is 4.53. The number of ether oxygens (including phenoxy) is 2. The van der Waals surface area contributed by atoms with Gasteiger partial charge in [-0.15, -0.1) is 0 Å². The van der Waals surface area contributed by atoms with E-state index in [0.717, 1.165) is 0 Å². The molecule has 0 amide bonds. The Morgan fingerprint density at radius 2 is 1.38 bits per heavy atom. The third-order valence-electron chi connectivity index (χ3n) is 3.24. The molecule has 0 spiro atoms. The summed E-state index contributed by atoms with van der Waals surface area (Å²) in [6.45, 7) is 0.0775. The van der Waals surface area contributed by atoms with E-state index in [9.17, 15) is 39.5 Å². The second-order valence-corrected chi connectivity index (χ2v) is 4.80. The molecular formula is C10H11F9O2. The minimum absolute atomic E-state index is 0.138. The maximum Gasteiger partial charge on any atom is 0.460 e. The smallest absolute Gasteiger partial charge is 0.380 e. The highest BCUT2D eigenvalue weighted by atomic mass is 19.4. The zero-order valence-electron chi connectivity index (χ0n) is 10.5. The third-order valence-corrected chi connectivity index (χ3v) is 3.24. The third kappa shape index (κ3) is 2.94. The Bertz CT molecular complexity index is 368. The second kappa shape index (κ2) is 5.18. The van der Waals surface area contributed by atoms with Crippen molar-refractivity contribution in [3.05, 3.63) is 0 Å². The van der Waals surface area contributed by atoms with Crippen LogP contribution in [-0.2, 0) is 9.47 Å². The SMILES string of the molecule is CCC1(COC(F)(F)C(F)(F)C(F)(F)C(F)(F)F)COC1. The van der Waals surface area contributed by atoms with E-state index in [1.165, 1.54) is 6.92 Å². The molecule has 0 unspecified atom stereocenters. The summed E-state index contributed by atoms with van der Waals surface area (Å²) in [5, 5.41) is 0. The van der Waals surface area contributed by atoms with Crippen molar-refractivity contribution in [1.29, 1.82) is 0 Å². The molecule has 1 aliphatic rings. The highest BCUT2D eigenvalue weighted by Gasteiger charge is 2.83. The van der Waals surface area contributed by atoms with Gasteiger partial charge >= 0.3 is 24.1 Å². The first-order valence-corrected chi connectivity index (χ1v) is 5.64. The minimum Gasteiger partial charge on any atom is -0.380 e. The van der Waals surface area contributed by atoms with Gasteiger partial charge in [-0.05, 0) is 6.42 Å². The fourth-order valence-corrected chi connectivity index (χ4v) is 1.48. The summed E-state index contributed by atoms with van der Waals surface area (Å²) in [5.74, 6) is -13.7. The summed E-state index contributed by atoms with van der Waals surface area (Å²) < 4.78 is 121. The van der Waals surface area contributed by atoms with Crippen molar-refractivity contribution in [2.24, 2.45) is 5.41 Å². The average molecular weight is 334 g/mol. The molecule has 0 aromatic carbocycles. The predicted molar refractivity (Wildman–Crippen MR) is 50.4 cm³/mol. The quantitative estimate of drug-likeness (QED) is 0.687. The molecule has 21 heavy (non-hydrogen) atoms. The second-order valence-electron chi connectivity index (χ2n) is 4.80.